The summed E-state index contributed by atoms with van der Waals surface area (Å²) in [5, 5.41) is 0. The number of rotatable bonds is 10. The van der Waals surface area contributed by atoms with Crippen LogP contribution in [-0.2, 0) is 4.74 Å². The lowest BCUT2D eigenvalue weighted by molar-refractivity contribution is 0.0497. The molecule has 0 radical (unpaired) electrons. The Hall–Kier alpha value is -3.28. The van der Waals surface area contributed by atoms with Crippen LogP contribution in [0.25, 0.3) is 0 Å². The molecule has 1 aliphatic rings. The number of unbranched alkanes of at least 4 members (excludes halogenated alkanes) is 5. The molecular weight excluding hydrogens is 394 g/mol. The van der Waals surface area contributed by atoms with Gasteiger partial charge in [0.2, 0.25) is 0 Å². The molecule has 0 fully saturated rings. The first kappa shape index (κ1) is 22.4. The van der Waals surface area contributed by atoms with E-state index in [1.54, 1.807) is 24.3 Å². The second-order valence-electron chi connectivity index (χ2n) is 7.71. The summed E-state index contributed by atoms with van der Waals surface area (Å²) in [6.45, 7) is 3.95. The number of carbonyl (C=O) groups is 4. The van der Waals surface area contributed by atoms with E-state index in [-0.39, 0.29) is 22.5 Å². The van der Waals surface area contributed by atoms with E-state index in [0.29, 0.717) is 17.9 Å². The fourth-order valence-electron chi connectivity index (χ4n) is 3.58. The van der Waals surface area contributed by atoms with Crippen LogP contribution in [0.3, 0.4) is 0 Å². The fourth-order valence-corrected chi connectivity index (χ4v) is 3.58. The number of benzene rings is 2. The van der Waals surface area contributed by atoms with Gasteiger partial charge in [-0.05, 0) is 55.8 Å². The molecule has 0 atom stereocenters. The Labute approximate surface area is 182 Å². The number of amides is 2. The first-order valence-electron chi connectivity index (χ1n) is 10.7. The summed E-state index contributed by atoms with van der Waals surface area (Å²) in [5.74, 6) is -1.55. The second kappa shape index (κ2) is 10.2. The highest BCUT2D eigenvalue weighted by atomic mass is 16.5. The molecule has 1 aliphatic heterocycles. The molecule has 6 heteroatoms. The van der Waals surface area contributed by atoms with Crippen LogP contribution in [0.4, 0.5) is 5.69 Å². The minimum atomic E-state index is -0.499. The van der Waals surface area contributed by atoms with Gasteiger partial charge in [-0.15, -0.1) is 0 Å². The number of ketones is 1. The summed E-state index contributed by atoms with van der Waals surface area (Å²) in [4.78, 5) is 50.5. The van der Waals surface area contributed by atoms with Crippen molar-refractivity contribution in [3.8, 4) is 0 Å². The van der Waals surface area contributed by atoms with E-state index in [0.717, 1.165) is 24.2 Å². The van der Waals surface area contributed by atoms with Crippen LogP contribution in [0.5, 0.6) is 0 Å². The first-order chi connectivity index (χ1) is 14.9. The Kier molecular flexibility index (Phi) is 7.34. The van der Waals surface area contributed by atoms with Crippen molar-refractivity contribution in [1.82, 2.24) is 0 Å². The summed E-state index contributed by atoms with van der Waals surface area (Å²) in [5.41, 5.74) is 1.54. The largest absolute Gasteiger partial charge is 0.462 e. The monoisotopic (exact) mass is 421 g/mol. The second-order valence-corrected chi connectivity index (χ2v) is 7.71. The summed E-state index contributed by atoms with van der Waals surface area (Å²) in [7, 11) is 0. The minimum Gasteiger partial charge on any atom is -0.462 e. The predicted molar refractivity (Wildman–Crippen MR) is 118 cm³/mol. The summed E-state index contributed by atoms with van der Waals surface area (Å²) < 4.78 is 5.32. The van der Waals surface area contributed by atoms with Gasteiger partial charge in [-0.3, -0.25) is 14.4 Å². The van der Waals surface area contributed by atoms with E-state index in [1.807, 2.05) is 0 Å². The van der Waals surface area contributed by atoms with Crippen molar-refractivity contribution >= 4 is 29.3 Å². The molecule has 2 aromatic rings. The summed E-state index contributed by atoms with van der Waals surface area (Å²) in [6.07, 6.45) is 6.56. The average Bonchev–Trinajstić information content (AvgIpc) is 3.02. The number of hydrogen-bond acceptors (Lipinski definition) is 5. The Morgan fingerprint density at radius 3 is 2.10 bits per heavy atom. The molecule has 31 heavy (non-hydrogen) atoms. The number of anilines is 1. The zero-order chi connectivity index (χ0) is 22.4. The van der Waals surface area contributed by atoms with Crippen molar-refractivity contribution in [3.05, 3.63) is 64.7 Å². The van der Waals surface area contributed by atoms with Crippen LogP contribution in [0.2, 0.25) is 0 Å². The Morgan fingerprint density at radius 2 is 1.42 bits per heavy atom. The van der Waals surface area contributed by atoms with Crippen LogP contribution in [0, 0.1) is 0 Å². The van der Waals surface area contributed by atoms with Gasteiger partial charge < -0.3 is 4.74 Å². The van der Waals surface area contributed by atoms with Crippen molar-refractivity contribution in [1.29, 1.82) is 0 Å². The number of Topliss-reactive ketones (excluding diaryl/α,β-unsaturated/α-hetero) is 1. The number of imide groups is 1. The number of hydrogen-bond donors (Lipinski definition) is 0. The Morgan fingerprint density at radius 1 is 0.806 bits per heavy atom. The smallest absolute Gasteiger partial charge is 0.338 e. The topological polar surface area (TPSA) is 80.8 Å². The standard InChI is InChI=1S/C25H27NO5/c1-3-4-5-6-7-8-15-31-25(30)19-11-14-21-22(16-19)24(29)26(23(21)28)20-12-9-18(10-13-20)17(2)27/h9-14,16H,3-8,15H2,1-2H3. The van der Waals surface area contributed by atoms with Gasteiger partial charge >= 0.3 is 5.97 Å². The molecule has 0 unspecified atom stereocenters. The quantitative estimate of drug-likeness (QED) is 0.228. The van der Waals surface area contributed by atoms with Crippen LogP contribution in [0.15, 0.2) is 42.5 Å². The van der Waals surface area contributed by atoms with Gasteiger partial charge in [0.15, 0.2) is 5.78 Å². The molecule has 0 spiro atoms. The molecule has 2 aromatic carbocycles. The van der Waals surface area contributed by atoms with Gasteiger partial charge in [-0.25, -0.2) is 9.69 Å². The zero-order valence-corrected chi connectivity index (χ0v) is 18.0. The third-order valence-electron chi connectivity index (χ3n) is 5.39. The van der Waals surface area contributed by atoms with E-state index in [4.69, 9.17) is 4.74 Å². The number of carbonyl (C=O) groups excluding carboxylic acids is 4. The third kappa shape index (κ3) is 5.08. The molecule has 6 nitrogen and oxygen atoms in total. The van der Waals surface area contributed by atoms with Crippen LogP contribution >= 0.6 is 0 Å². The molecule has 1 heterocycles. The van der Waals surface area contributed by atoms with Gasteiger partial charge in [0.25, 0.3) is 11.8 Å². The maximum Gasteiger partial charge on any atom is 0.338 e. The molecule has 3 rings (SSSR count). The molecule has 0 aliphatic carbocycles. The highest BCUT2D eigenvalue weighted by Gasteiger charge is 2.37. The number of nitrogens with zero attached hydrogens (tertiary/aromatic N) is 1. The molecule has 0 saturated carbocycles. The number of ether oxygens (including phenoxy) is 1. The highest BCUT2D eigenvalue weighted by Crippen LogP contribution is 2.29. The first-order valence-corrected chi connectivity index (χ1v) is 10.7. The van der Waals surface area contributed by atoms with E-state index in [2.05, 4.69) is 6.92 Å². The molecule has 0 aromatic heterocycles. The molecule has 0 bridgehead atoms. The van der Waals surface area contributed by atoms with Crippen molar-refractivity contribution in [2.75, 3.05) is 11.5 Å². The normalized spacial score (nSPS) is 12.8. The predicted octanol–water partition coefficient (Wildman–Crippen LogP) is 5.21. The Bertz CT molecular complexity index is 993. The SMILES string of the molecule is CCCCCCCCOC(=O)c1ccc2c(c1)C(=O)N(c1ccc(C(C)=O)cc1)C2=O. The molecule has 0 saturated heterocycles. The molecule has 2 amide bonds. The van der Waals surface area contributed by atoms with Gasteiger partial charge in [-0.1, -0.05) is 39.0 Å². The van der Waals surface area contributed by atoms with Crippen LogP contribution in [-0.4, -0.2) is 30.2 Å². The number of esters is 1. The Balaban J connectivity index is 1.65. The molecular formula is C25H27NO5. The number of fused-ring (bicyclic) bond motifs is 1. The van der Waals surface area contributed by atoms with Gasteiger partial charge in [-0.2, -0.15) is 0 Å². The van der Waals surface area contributed by atoms with Crippen molar-refractivity contribution in [2.24, 2.45) is 0 Å². The van der Waals surface area contributed by atoms with Crippen LogP contribution in [0.1, 0.15) is 93.8 Å². The van der Waals surface area contributed by atoms with Crippen molar-refractivity contribution in [2.45, 2.75) is 52.4 Å². The van der Waals surface area contributed by atoms with E-state index < -0.39 is 17.8 Å². The van der Waals surface area contributed by atoms with Gasteiger partial charge in [0, 0.05) is 5.56 Å². The molecule has 0 N–H and O–H groups in total. The zero-order valence-electron chi connectivity index (χ0n) is 18.0. The molecule has 162 valence electrons. The lowest BCUT2D eigenvalue weighted by Crippen LogP contribution is -2.29. The van der Waals surface area contributed by atoms with Crippen molar-refractivity contribution in [3.63, 3.8) is 0 Å². The third-order valence-corrected chi connectivity index (χ3v) is 5.39. The lowest BCUT2D eigenvalue weighted by atomic mass is 10.1. The van der Waals surface area contributed by atoms with E-state index >= 15 is 0 Å². The highest BCUT2D eigenvalue weighted by molar-refractivity contribution is 6.34. The van der Waals surface area contributed by atoms with Crippen LogP contribution < -0.4 is 4.90 Å². The lowest BCUT2D eigenvalue weighted by Gasteiger charge is -2.13. The summed E-state index contributed by atoms with van der Waals surface area (Å²) >= 11 is 0. The van der Waals surface area contributed by atoms with Gasteiger partial charge in [0.1, 0.15) is 0 Å². The van der Waals surface area contributed by atoms with Crippen molar-refractivity contribution < 1.29 is 23.9 Å². The maximum atomic E-state index is 12.9. The maximum absolute atomic E-state index is 12.9. The summed E-state index contributed by atoms with van der Waals surface area (Å²) in [6, 6.07) is 10.7. The minimum absolute atomic E-state index is 0.0991. The van der Waals surface area contributed by atoms with E-state index in [1.165, 1.54) is 44.4 Å². The average molecular weight is 421 g/mol. The van der Waals surface area contributed by atoms with Gasteiger partial charge in [0.05, 0.1) is 29.0 Å². The fraction of sp³-hybridized carbons (Fsp3) is 0.360. The van der Waals surface area contributed by atoms with E-state index in [9.17, 15) is 19.2 Å².